The summed E-state index contributed by atoms with van der Waals surface area (Å²) in [5, 5.41) is 3.12. The quantitative estimate of drug-likeness (QED) is 0.872. The Morgan fingerprint density at radius 1 is 1.24 bits per heavy atom. The Hall–Kier alpha value is -1.90. The maximum Gasteiger partial charge on any atom is 0.159 e. The molecule has 17 heavy (non-hydrogen) atoms. The molecular weight excluding hydrogens is 210 g/mol. The Morgan fingerprint density at radius 2 is 2.12 bits per heavy atom. The summed E-state index contributed by atoms with van der Waals surface area (Å²) in [4.78, 5) is 8.90. The van der Waals surface area contributed by atoms with E-state index in [1.807, 2.05) is 37.5 Å². The lowest BCUT2D eigenvalue weighted by Crippen LogP contribution is -1.95. The maximum absolute atomic E-state index is 4.57. The lowest BCUT2D eigenvalue weighted by Gasteiger charge is -2.05. The van der Waals surface area contributed by atoms with Crippen LogP contribution in [0.4, 0.5) is 5.69 Å². The second kappa shape index (κ2) is 5.43. The fourth-order valence-corrected chi connectivity index (χ4v) is 1.74. The smallest absolute Gasteiger partial charge is 0.159 e. The predicted molar refractivity (Wildman–Crippen MR) is 71.0 cm³/mol. The van der Waals surface area contributed by atoms with Gasteiger partial charge in [-0.1, -0.05) is 25.5 Å². The molecule has 0 spiro atoms. The van der Waals surface area contributed by atoms with Gasteiger partial charge in [0, 0.05) is 30.2 Å². The monoisotopic (exact) mass is 227 g/mol. The number of aromatic nitrogens is 2. The molecule has 0 aliphatic rings. The van der Waals surface area contributed by atoms with Crippen molar-refractivity contribution in [3.8, 4) is 11.4 Å². The fourth-order valence-electron chi connectivity index (χ4n) is 1.74. The highest BCUT2D eigenvalue weighted by atomic mass is 14.9. The van der Waals surface area contributed by atoms with Crippen LogP contribution in [-0.4, -0.2) is 17.0 Å². The number of nitrogens with zero attached hydrogens (tertiary/aromatic N) is 2. The summed E-state index contributed by atoms with van der Waals surface area (Å²) in [6, 6.07) is 10.1. The Labute approximate surface area is 102 Å². The number of rotatable bonds is 4. The first-order valence-electron chi connectivity index (χ1n) is 5.93. The number of nitrogens with one attached hydrogen (secondary N) is 1. The lowest BCUT2D eigenvalue weighted by atomic mass is 10.1. The second-order valence-corrected chi connectivity index (χ2v) is 3.95. The number of hydrogen-bond acceptors (Lipinski definition) is 3. The molecule has 2 aromatic rings. The van der Waals surface area contributed by atoms with Gasteiger partial charge in [-0.3, -0.25) is 0 Å². The molecule has 3 heteroatoms. The minimum absolute atomic E-state index is 0.799. The van der Waals surface area contributed by atoms with Gasteiger partial charge in [-0.2, -0.15) is 0 Å². The normalized spacial score (nSPS) is 10.2. The van der Waals surface area contributed by atoms with Gasteiger partial charge in [0.2, 0.25) is 0 Å². The first-order valence-corrected chi connectivity index (χ1v) is 5.93. The largest absolute Gasteiger partial charge is 0.388 e. The molecule has 0 aliphatic heterocycles. The molecule has 0 fully saturated rings. The number of benzene rings is 1. The minimum atomic E-state index is 0.799. The first-order chi connectivity index (χ1) is 8.33. The van der Waals surface area contributed by atoms with Crippen molar-refractivity contribution in [1.82, 2.24) is 9.97 Å². The SMILES string of the molecule is CCCc1ccnc(-c2cccc(NC)c2)n1. The summed E-state index contributed by atoms with van der Waals surface area (Å²) in [5.74, 6) is 0.799. The van der Waals surface area contributed by atoms with E-state index in [-0.39, 0.29) is 0 Å². The van der Waals surface area contributed by atoms with E-state index < -0.39 is 0 Å². The zero-order valence-electron chi connectivity index (χ0n) is 10.3. The molecule has 0 amide bonds. The third-order valence-electron chi connectivity index (χ3n) is 2.63. The van der Waals surface area contributed by atoms with Gasteiger partial charge in [0.25, 0.3) is 0 Å². The summed E-state index contributed by atoms with van der Waals surface area (Å²) in [6.07, 6.45) is 3.94. The van der Waals surface area contributed by atoms with Crippen LogP contribution in [0, 0.1) is 0 Å². The molecule has 1 aromatic carbocycles. The third-order valence-corrected chi connectivity index (χ3v) is 2.63. The third kappa shape index (κ3) is 2.81. The Kier molecular flexibility index (Phi) is 3.70. The minimum Gasteiger partial charge on any atom is -0.388 e. The molecule has 0 saturated heterocycles. The van der Waals surface area contributed by atoms with Crippen LogP contribution in [0.3, 0.4) is 0 Å². The van der Waals surface area contributed by atoms with Gasteiger partial charge in [-0.05, 0) is 24.6 Å². The molecule has 1 aromatic heterocycles. The molecular formula is C14H17N3. The topological polar surface area (TPSA) is 37.8 Å². The van der Waals surface area contributed by atoms with Crippen LogP contribution in [0.5, 0.6) is 0 Å². The Morgan fingerprint density at radius 3 is 2.88 bits per heavy atom. The zero-order valence-corrected chi connectivity index (χ0v) is 10.3. The first kappa shape index (κ1) is 11.6. The van der Waals surface area contributed by atoms with E-state index in [9.17, 15) is 0 Å². The van der Waals surface area contributed by atoms with Crippen molar-refractivity contribution < 1.29 is 0 Å². The summed E-state index contributed by atoms with van der Waals surface area (Å²) in [5.41, 5.74) is 3.23. The van der Waals surface area contributed by atoms with Crippen molar-refractivity contribution in [3.05, 3.63) is 42.2 Å². The van der Waals surface area contributed by atoms with Crippen LogP contribution in [0.1, 0.15) is 19.0 Å². The molecule has 0 radical (unpaired) electrons. The molecule has 2 rings (SSSR count). The molecule has 0 atom stereocenters. The van der Waals surface area contributed by atoms with E-state index in [1.165, 1.54) is 0 Å². The van der Waals surface area contributed by atoms with E-state index >= 15 is 0 Å². The van der Waals surface area contributed by atoms with Crippen molar-refractivity contribution in [2.75, 3.05) is 12.4 Å². The van der Waals surface area contributed by atoms with Crippen LogP contribution < -0.4 is 5.32 Å². The molecule has 1 N–H and O–H groups in total. The molecule has 0 bridgehead atoms. The molecule has 0 unspecified atom stereocenters. The average Bonchev–Trinajstić information content (AvgIpc) is 2.40. The summed E-state index contributed by atoms with van der Waals surface area (Å²) in [7, 11) is 1.91. The van der Waals surface area contributed by atoms with E-state index in [0.29, 0.717) is 0 Å². The van der Waals surface area contributed by atoms with Gasteiger partial charge in [0.05, 0.1) is 0 Å². The van der Waals surface area contributed by atoms with Crippen molar-refractivity contribution in [3.63, 3.8) is 0 Å². The zero-order chi connectivity index (χ0) is 12.1. The van der Waals surface area contributed by atoms with Gasteiger partial charge in [0.15, 0.2) is 5.82 Å². The lowest BCUT2D eigenvalue weighted by molar-refractivity contribution is 0.875. The van der Waals surface area contributed by atoms with E-state index in [1.54, 1.807) is 0 Å². The standard InChI is InChI=1S/C14H17N3/c1-3-5-12-8-9-16-14(17-12)11-6-4-7-13(10-11)15-2/h4,6-10,15H,3,5H2,1-2H3. The van der Waals surface area contributed by atoms with Crippen molar-refractivity contribution in [1.29, 1.82) is 0 Å². The van der Waals surface area contributed by atoms with Crippen LogP contribution in [0.2, 0.25) is 0 Å². The molecule has 1 heterocycles. The number of aryl methyl sites for hydroxylation is 1. The summed E-state index contributed by atoms with van der Waals surface area (Å²) >= 11 is 0. The highest BCUT2D eigenvalue weighted by molar-refractivity contribution is 5.62. The van der Waals surface area contributed by atoms with Gasteiger partial charge in [-0.25, -0.2) is 9.97 Å². The summed E-state index contributed by atoms with van der Waals surface area (Å²) < 4.78 is 0. The van der Waals surface area contributed by atoms with Crippen LogP contribution in [0.15, 0.2) is 36.5 Å². The van der Waals surface area contributed by atoms with Gasteiger partial charge in [-0.15, -0.1) is 0 Å². The molecule has 0 aliphatic carbocycles. The molecule has 3 nitrogen and oxygen atoms in total. The Balaban J connectivity index is 2.34. The molecule has 0 saturated carbocycles. The van der Waals surface area contributed by atoms with Crippen LogP contribution in [0.25, 0.3) is 11.4 Å². The second-order valence-electron chi connectivity index (χ2n) is 3.95. The number of anilines is 1. The van der Waals surface area contributed by atoms with Crippen LogP contribution >= 0.6 is 0 Å². The highest BCUT2D eigenvalue weighted by Gasteiger charge is 2.02. The van der Waals surface area contributed by atoms with E-state index in [2.05, 4.69) is 28.3 Å². The Bertz CT molecular complexity index is 494. The fraction of sp³-hybridized carbons (Fsp3) is 0.286. The van der Waals surface area contributed by atoms with Crippen molar-refractivity contribution in [2.45, 2.75) is 19.8 Å². The average molecular weight is 227 g/mol. The highest BCUT2D eigenvalue weighted by Crippen LogP contribution is 2.19. The van der Waals surface area contributed by atoms with Crippen molar-refractivity contribution in [2.24, 2.45) is 0 Å². The van der Waals surface area contributed by atoms with E-state index in [0.717, 1.165) is 35.6 Å². The van der Waals surface area contributed by atoms with Gasteiger partial charge >= 0.3 is 0 Å². The van der Waals surface area contributed by atoms with Gasteiger partial charge < -0.3 is 5.32 Å². The van der Waals surface area contributed by atoms with Gasteiger partial charge in [0.1, 0.15) is 0 Å². The van der Waals surface area contributed by atoms with E-state index in [4.69, 9.17) is 0 Å². The summed E-state index contributed by atoms with van der Waals surface area (Å²) in [6.45, 7) is 2.16. The maximum atomic E-state index is 4.57. The van der Waals surface area contributed by atoms with Crippen LogP contribution in [-0.2, 0) is 6.42 Å². The predicted octanol–water partition coefficient (Wildman–Crippen LogP) is 3.14. The molecule has 88 valence electrons. The van der Waals surface area contributed by atoms with Crippen molar-refractivity contribution >= 4 is 5.69 Å². The number of hydrogen-bond donors (Lipinski definition) is 1.